The minimum atomic E-state index is -0.294. The van der Waals surface area contributed by atoms with Crippen LogP contribution in [0.1, 0.15) is 39.7 Å². The molecule has 3 nitrogen and oxygen atoms in total. The van der Waals surface area contributed by atoms with Crippen LogP contribution in [0.15, 0.2) is 73.1 Å². The van der Waals surface area contributed by atoms with Crippen molar-refractivity contribution in [2.75, 3.05) is 7.11 Å². The summed E-state index contributed by atoms with van der Waals surface area (Å²) in [5, 5.41) is 0. The summed E-state index contributed by atoms with van der Waals surface area (Å²) in [6, 6.07) is 20.5. The van der Waals surface area contributed by atoms with Gasteiger partial charge in [-0.15, -0.1) is 0 Å². The molecule has 0 amide bonds. The van der Waals surface area contributed by atoms with Crippen molar-refractivity contribution in [3.8, 4) is 5.69 Å². The van der Waals surface area contributed by atoms with Crippen molar-refractivity contribution in [3.05, 3.63) is 89.7 Å². The van der Waals surface area contributed by atoms with E-state index in [1.807, 2.05) is 47.3 Å². The molecule has 1 saturated carbocycles. The second kappa shape index (κ2) is 6.00. The fourth-order valence-electron chi connectivity index (χ4n) is 3.51. The Morgan fingerprint density at radius 1 is 0.958 bits per heavy atom. The van der Waals surface area contributed by atoms with Gasteiger partial charge in [-0.2, -0.15) is 0 Å². The molecule has 1 aliphatic carbocycles. The van der Waals surface area contributed by atoms with Gasteiger partial charge >= 0.3 is 5.97 Å². The summed E-state index contributed by atoms with van der Waals surface area (Å²) in [6.07, 6.45) is 5.07. The first-order valence-electron chi connectivity index (χ1n) is 8.19. The van der Waals surface area contributed by atoms with Crippen molar-refractivity contribution in [1.82, 2.24) is 4.57 Å². The second-order valence-electron chi connectivity index (χ2n) is 6.18. The zero-order valence-electron chi connectivity index (χ0n) is 13.6. The van der Waals surface area contributed by atoms with E-state index >= 15 is 0 Å². The Morgan fingerprint density at radius 3 is 2.42 bits per heavy atom. The summed E-state index contributed by atoms with van der Waals surface area (Å²) in [6.45, 7) is 0. The highest BCUT2D eigenvalue weighted by Crippen LogP contribution is 2.56. The largest absolute Gasteiger partial charge is 0.465 e. The molecular weight excluding hydrogens is 298 g/mol. The molecular formula is C21H19NO2. The maximum atomic E-state index is 12.2. The number of hydrogen-bond acceptors (Lipinski definition) is 2. The lowest BCUT2D eigenvalue weighted by Crippen LogP contribution is -2.09. The van der Waals surface area contributed by atoms with Gasteiger partial charge in [0.15, 0.2) is 0 Å². The van der Waals surface area contributed by atoms with Crippen LogP contribution in [0.2, 0.25) is 0 Å². The van der Waals surface area contributed by atoms with Crippen LogP contribution in [0.3, 0.4) is 0 Å². The van der Waals surface area contributed by atoms with Crippen LogP contribution in [0.25, 0.3) is 5.69 Å². The Kier molecular flexibility index (Phi) is 3.69. The molecule has 2 unspecified atom stereocenters. The Hall–Kier alpha value is -2.81. The number of hydrogen-bond donors (Lipinski definition) is 0. The summed E-state index contributed by atoms with van der Waals surface area (Å²) in [5.41, 5.74) is 4.13. The van der Waals surface area contributed by atoms with E-state index in [4.69, 9.17) is 4.74 Å². The highest BCUT2D eigenvalue weighted by atomic mass is 16.5. The third-order valence-corrected chi connectivity index (χ3v) is 4.75. The van der Waals surface area contributed by atoms with Crippen molar-refractivity contribution in [1.29, 1.82) is 0 Å². The number of aromatic nitrogens is 1. The van der Waals surface area contributed by atoms with Crippen LogP contribution in [0.4, 0.5) is 0 Å². The van der Waals surface area contributed by atoms with Gasteiger partial charge in [0.25, 0.3) is 0 Å². The van der Waals surface area contributed by atoms with Gasteiger partial charge in [0.2, 0.25) is 0 Å². The van der Waals surface area contributed by atoms with E-state index in [-0.39, 0.29) is 5.97 Å². The number of benzene rings is 2. The number of methoxy groups -OCH3 is 1. The fraction of sp³-hybridized carbons (Fsp3) is 0.190. The number of carbonyl (C=O) groups is 1. The van der Waals surface area contributed by atoms with Crippen molar-refractivity contribution in [3.63, 3.8) is 0 Å². The smallest absolute Gasteiger partial charge is 0.340 e. The van der Waals surface area contributed by atoms with Gasteiger partial charge in [-0.1, -0.05) is 42.5 Å². The Labute approximate surface area is 141 Å². The van der Waals surface area contributed by atoms with E-state index in [0.717, 1.165) is 12.1 Å². The number of esters is 1. The molecule has 0 N–H and O–H groups in total. The average Bonchev–Trinajstić information content (AvgIpc) is 3.26. The molecule has 24 heavy (non-hydrogen) atoms. The average molecular weight is 317 g/mol. The number of nitrogens with zero attached hydrogens (tertiary/aromatic N) is 1. The number of ether oxygens (including phenoxy) is 1. The standard InChI is InChI=1S/C21H19NO2/c1-24-21(23)17-11-7-10-16(20(17)22-12-5-6-13-22)19-14-18(19)15-8-3-2-4-9-15/h2-13,18-19H,14H2,1H3. The van der Waals surface area contributed by atoms with Crippen molar-refractivity contribution in [2.24, 2.45) is 0 Å². The Bertz CT molecular complexity index is 853. The summed E-state index contributed by atoms with van der Waals surface area (Å²) in [4.78, 5) is 12.2. The summed E-state index contributed by atoms with van der Waals surface area (Å²) in [5.74, 6) is 0.667. The SMILES string of the molecule is COC(=O)c1cccc(C2CC2c2ccccc2)c1-n1cccc1. The summed E-state index contributed by atoms with van der Waals surface area (Å²) < 4.78 is 7.01. The van der Waals surface area contributed by atoms with Gasteiger partial charge in [0.05, 0.1) is 18.4 Å². The van der Waals surface area contributed by atoms with Gasteiger partial charge in [-0.05, 0) is 47.6 Å². The van der Waals surface area contributed by atoms with E-state index in [2.05, 4.69) is 30.3 Å². The Morgan fingerprint density at radius 2 is 1.71 bits per heavy atom. The van der Waals surface area contributed by atoms with Gasteiger partial charge in [0.1, 0.15) is 0 Å². The Balaban J connectivity index is 1.78. The predicted molar refractivity (Wildman–Crippen MR) is 93.6 cm³/mol. The topological polar surface area (TPSA) is 31.2 Å². The van der Waals surface area contributed by atoms with E-state index < -0.39 is 0 Å². The zero-order chi connectivity index (χ0) is 16.5. The van der Waals surface area contributed by atoms with Crippen LogP contribution in [-0.2, 0) is 4.74 Å². The molecule has 2 aromatic carbocycles. The molecule has 3 heteroatoms. The molecule has 0 aliphatic heterocycles. The number of para-hydroxylation sites is 1. The van der Waals surface area contributed by atoms with E-state index in [9.17, 15) is 4.79 Å². The maximum absolute atomic E-state index is 12.2. The first kappa shape index (κ1) is 14.8. The molecule has 1 aromatic heterocycles. The van der Waals surface area contributed by atoms with Gasteiger partial charge in [0, 0.05) is 12.4 Å². The van der Waals surface area contributed by atoms with Crippen LogP contribution in [-0.4, -0.2) is 17.6 Å². The van der Waals surface area contributed by atoms with E-state index in [0.29, 0.717) is 17.4 Å². The van der Waals surface area contributed by atoms with Gasteiger partial charge in [-0.25, -0.2) is 4.79 Å². The van der Waals surface area contributed by atoms with Gasteiger partial charge in [-0.3, -0.25) is 0 Å². The molecule has 0 radical (unpaired) electrons. The maximum Gasteiger partial charge on any atom is 0.340 e. The first-order chi connectivity index (χ1) is 11.8. The lowest BCUT2D eigenvalue weighted by Gasteiger charge is -2.15. The highest BCUT2D eigenvalue weighted by Gasteiger charge is 2.41. The van der Waals surface area contributed by atoms with Gasteiger partial charge < -0.3 is 9.30 Å². The first-order valence-corrected chi connectivity index (χ1v) is 8.19. The third kappa shape index (κ3) is 2.52. The molecule has 3 aromatic rings. The second-order valence-corrected chi connectivity index (χ2v) is 6.18. The van der Waals surface area contributed by atoms with E-state index in [1.54, 1.807) is 0 Å². The summed E-state index contributed by atoms with van der Waals surface area (Å²) >= 11 is 0. The molecule has 4 rings (SSSR count). The zero-order valence-corrected chi connectivity index (χ0v) is 13.6. The lowest BCUT2D eigenvalue weighted by atomic mass is 9.99. The lowest BCUT2D eigenvalue weighted by molar-refractivity contribution is 0.0600. The minimum absolute atomic E-state index is 0.294. The third-order valence-electron chi connectivity index (χ3n) is 4.75. The molecule has 0 spiro atoms. The quantitative estimate of drug-likeness (QED) is 0.662. The molecule has 1 aliphatic rings. The fourth-order valence-corrected chi connectivity index (χ4v) is 3.51. The van der Waals surface area contributed by atoms with Crippen LogP contribution in [0, 0.1) is 0 Å². The molecule has 0 bridgehead atoms. The monoisotopic (exact) mass is 317 g/mol. The molecule has 0 saturated heterocycles. The molecule has 1 heterocycles. The van der Waals surface area contributed by atoms with Crippen LogP contribution < -0.4 is 0 Å². The minimum Gasteiger partial charge on any atom is -0.465 e. The molecule has 120 valence electrons. The normalized spacial score (nSPS) is 19.0. The van der Waals surface area contributed by atoms with Crippen molar-refractivity contribution < 1.29 is 9.53 Å². The highest BCUT2D eigenvalue weighted by molar-refractivity contribution is 5.94. The van der Waals surface area contributed by atoms with Crippen LogP contribution >= 0.6 is 0 Å². The predicted octanol–water partition coefficient (Wildman–Crippen LogP) is 4.54. The number of carbonyl (C=O) groups excluding carboxylic acids is 1. The molecule has 2 atom stereocenters. The van der Waals surface area contributed by atoms with Crippen molar-refractivity contribution >= 4 is 5.97 Å². The molecule has 1 fully saturated rings. The number of rotatable bonds is 4. The van der Waals surface area contributed by atoms with Crippen LogP contribution in [0.5, 0.6) is 0 Å². The van der Waals surface area contributed by atoms with E-state index in [1.165, 1.54) is 18.2 Å². The summed E-state index contributed by atoms with van der Waals surface area (Å²) in [7, 11) is 1.43. The van der Waals surface area contributed by atoms with Crippen molar-refractivity contribution in [2.45, 2.75) is 18.3 Å².